The lowest BCUT2D eigenvalue weighted by molar-refractivity contribution is 0.151. The van der Waals surface area contributed by atoms with Gasteiger partial charge in [0.15, 0.2) is 0 Å². The minimum Gasteiger partial charge on any atom is -0.317 e. The van der Waals surface area contributed by atoms with Crippen molar-refractivity contribution in [1.82, 2.24) is 5.32 Å². The molecule has 1 heterocycles. The van der Waals surface area contributed by atoms with Crippen LogP contribution >= 0.6 is 0 Å². The summed E-state index contributed by atoms with van der Waals surface area (Å²) in [5, 5.41) is 3.27. The molecule has 1 N–H and O–H groups in total. The molecule has 1 saturated heterocycles. The fourth-order valence-corrected chi connectivity index (χ4v) is 2.10. The molecule has 3 heteroatoms. The van der Waals surface area contributed by atoms with Gasteiger partial charge in [0.05, 0.1) is 0 Å². The minimum atomic E-state index is -2.35. The van der Waals surface area contributed by atoms with Crippen molar-refractivity contribution in [3.63, 3.8) is 0 Å². The zero-order valence-corrected chi connectivity index (χ0v) is 8.55. The number of halogens is 2. The molecule has 1 aromatic carbocycles. The van der Waals surface area contributed by atoms with Crippen LogP contribution in [0.2, 0.25) is 0 Å². The Morgan fingerprint density at radius 1 is 1.20 bits per heavy atom. The van der Waals surface area contributed by atoms with Gasteiger partial charge in [0.2, 0.25) is 0 Å². The smallest absolute Gasteiger partial charge is 0.263 e. The number of alkyl halides is 2. The second kappa shape index (κ2) is 4.71. The van der Waals surface area contributed by atoms with Crippen molar-refractivity contribution in [3.05, 3.63) is 35.4 Å². The summed E-state index contributed by atoms with van der Waals surface area (Å²) in [6.45, 7) is 1.98. The monoisotopic (exact) mass is 211 g/mol. The van der Waals surface area contributed by atoms with E-state index in [2.05, 4.69) is 5.32 Å². The third-order valence-corrected chi connectivity index (χ3v) is 2.97. The average Bonchev–Trinajstić information content (AvgIpc) is 2.30. The molecule has 0 aliphatic carbocycles. The van der Waals surface area contributed by atoms with E-state index >= 15 is 0 Å². The highest BCUT2D eigenvalue weighted by atomic mass is 19.3. The molecule has 15 heavy (non-hydrogen) atoms. The summed E-state index contributed by atoms with van der Waals surface area (Å²) < 4.78 is 25.0. The normalized spacial score (nSPS) is 18.3. The first-order valence-electron chi connectivity index (χ1n) is 5.36. The van der Waals surface area contributed by atoms with Crippen LogP contribution in [-0.2, 0) is 0 Å². The van der Waals surface area contributed by atoms with Crippen LogP contribution < -0.4 is 5.32 Å². The van der Waals surface area contributed by atoms with Crippen LogP contribution in [0.1, 0.15) is 36.3 Å². The lowest BCUT2D eigenvalue weighted by Gasteiger charge is -2.23. The Kier molecular flexibility index (Phi) is 3.31. The van der Waals surface area contributed by atoms with E-state index in [9.17, 15) is 8.78 Å². The maximum absolute atomic E-state index is 12.5. The highest BCUT2D eigenvalue weighted by Crippen LogP contribution is 2.28. The van der Waals surface area contributed by atoms with E-state index in [1.165, 1.54) is 6.07 Å². The van der Waals surface area contributed by atoms with Gasteiger partial charge >= 0.3 is 0 Å². The molecule has 0 aromatic heterocycles. The highest BCUT2D eigenvalue weighted by Gasteiger charge is 2.16. The summed E-state index contributed by atoms with van der Waals surface area (Å²) in [4.78, 5) is 0. The lowest BCUT2D eigenvalue weighted by Crippen LogP contribution is -2.26. The van der Waals surface area contributed by atoms with Gasteiger partial charge in [-0.05, 0) is 43.5 Å². The minimum absolute atomic E-state index is 0.144. The van der Waals surface area contributed by atoms with Crippen LogP contribution in [0.5, 0.6) is 0 Å². The summed E-state index contributed by atoms with van der Waals surface area (Å²) in [7, 11) is 0. The Balaban J connectivity index is 2.16. The van der Waals surface area contributed by atoms with Gasteiger partial charge in [0.25, 0.3) is 6.43 Å². The maximum Gasteiger partial charge on any atom is 0.263 e. The Morgan fingerprint density at radius 2 is 1.93 bits per heavy atom. The largest absolute Gasteiger partial charge is 0.317 e. The number of nitrogens with one attached hydrogen (secondary N) is 1. The van der Waals surface area contributed by atoms with Crippen molar-refractivity contribution < 1.29 is 8.78 Å². The standard InChI is InChI=1S/C12H15F2N/c13-12(14)11-3-1-2-10(8-11)9-4-6-15-7-5-9/h1-3,8-9,12,15H,4-7H2. The number of hydrogen-bond donors (Lipinski definition) is 1. The van der Waals surface area contributed by atoms with Crippen molar-refractivity contribution in [3.8, 4) is 0 Å². The molecule has 0 saturated carbocycles. The van der Waals surface area contributed by atoms with Crippen LogP contribution in [0, 0.1) is 0 Å². The summed E-state index contributed by atoms with van der Waals surface area (Å²) in [5.41, 5.74) is 1.21. The summed E-state index contributed by atoms with van der Waals surface area (Å²) in [5.74, 6) is 0.449. The number of rotatable bonds is 2. The Labute approximate surface area is 88.5 Å². The summed E-state index contributed by atoms with van der Waals surface area (Å²) >= 11 is 0. The van der Waals surface area contributed by atoms with Crippen molar-refractivity contribution in [2.24, 2.45) is 0 Å². The van der Waals surface area contributed by atoms with Crippen molar-refractivity contribution in [2.45, 2.75) is 25.2 Å². The lowest BCUT2D eigenvalue weighted by atomic mass is 9.89. The Bertz CT molecular complexity index is 319. The van der Waals surface area contributed by atoms with E-state index < -0.39 is 6.43 Å². The zero-order valence-electron chi connectivity index (χ0n) is 8.55. The molecule has 0 spiro atoms. The molecule has 1 nitrogen and oxygen atoms in total. The third kappa shape index (κ3) is 2.53. The fourth-order valence-electron chi connectivity index (χ4n) is 2.10. The van der Waals surface area contributed by atoms with Crippen LogP contribution in [0.25, 0.3) is 0 Å². The van der Waals surface area contributed by atoms with E-state index in [0.717, 1.165) is 31.5 Å². The number of hydrogen-bond acceptors (Lipinski definition) is 1. The molecule has 0 atom stereocenters. The van der Waals surface area contributed by atoms with E-state index in [4.69, 9.17) is 0 Å². The topological polar surface area (TPSA) is 12.0 Å². The second-order valence-corrected chi connectivity index (χ2v) is 4.00. The molecule has 1 fully saturated rings. The van der Waals surface area contributed by atoms with E-state index in [1.54, 1.807) is 12.1 Å². The van der Waals surface area contributed by atoms with Crippen LogP contribution in [0.15, 0.2) is 24.3 Å². The Morgan fingerprint density at radius 3 is 2.60 bits per heavy atom. The third-order valence-electron chi connectivity index (χ3n) is 2.97. The predicted molar refractivity (Wildman–Crippen MR) is 56.2 cm³/mol. The molecule has 0 bridgehead atoms. The van der Waals surface area contributed by atoms with E-state index in [1.807, 2.05) is 6.07 Å². The summed E-state index contributed by atoms with van der Waals surface area (Å²) in [6.07, 6.45) is -0.258. The first kappa shape index (κ1) is 10.6. The van der Waals surface area contributed by atoms with Gasteiger partial charge < -0.3 is 5.32 Å². The molecule has 1 aliphatic rings. The van der Waals surface area contributed by atoms with Gasteiger partial charge in [-0.3, -0.25) is 0 Å². The molecule has 1 aliphatic heterocycles. The Hall–Kier alpha value is -0.960. The van der Waals surface area contributed by atoms with E-state index in [-0.39, 0.29) is 5.56 Å². The van der Waals surface area contributed by atoms with Gasteiger partial charge in [0.1, 0.15) is 0 Å². The molecular weight excluding hydrogens is 196 g/mol. The fraction of sp³-hybridized carbons (Fsp3) is 0.500. The van der Waals surface area contributed by atoms with Gasteiger partial charge in [-0.25, -0.2) is 8.78 Å². The number of piperidine rings is 1. The quantitative estimate of drug-likeness (QED) is 0.792. The van der Waals surface area contributed by atoms with Crippen molar-refractivity contribution in [1.29, 1.82) is 0 Å². The van der Waals surface area contributed by atoms with Crippen molar-refractivity contribution in [2.75, 3.05) is 13.1 Å². The molecule has 2 rings (SSSR count). The van der Waals surface area contributed by atoms with Gasteiger partial charge in [-0.1, -0.05) is 18.2 Å². The van der Waals surface area contributed by atoms with Crippen LogP contribution in [-0.4, -0.2) is 13.1 Å². The van der Waals surface area contributed by atoms with Gasteiger partial charge in [-0.2, -0.15) is 0 Å². The molecule has 0 unspecified atom stereocenters. The van der Waals surface area contributed by atoms with Crippen LogP contribution in [0.3, 0.4) is 0 Å². The molecule has 82 valence electrons. The van der Waals surface area contributed by atoms with Gasteiger partial charge in [-0.15, -0.1) is 0 Å². The van der Waals surface area contributed by atoms with Crippen LogP contribution in [0.4, 0.5) is 8.78 Å². The van der Waals surface area contributed by atoms with Gasteiger partial charge in [0, 0.05) is 5.56 Å². The van der Waals surface area contributed by atoms with Crippen molar-refractivity contribution >= 4 is 0 Å². The first-order valence-corrected chi connectivity index (χ1v) is 5.36. The molecule has 1 aromatic rings. The van der Waals surface area contributed by atoms with E-state index in [0.29, 0.717) is 5.92 Å². The molecule has 0 amide bonds. The second-order valence-electron chi connectivity index (χ2n) is 4.00. The molecule has 0 radical (unpaired) electrons. The summed E-state index contributed by atoms with van der Waals surface area (Å²) in [6, 6.07) is 6.84. The zero-order chi connectivity index (χ0) is 10.7. The highest BCUT2D eigenvalue weighted by molar-refractivity contribution is 5.27. The maximum atomic E-state index is 12.5. The molecular formula is C12H15F2N. The predicted octanol–water partition coefficient (Wildman–Crippen LogP) is 3.09. The first-order chi connectivity index (χ1) is 7.27. The average molecular weight is 211 g/mol. The number of benzene rings is 1. The SMILES string of the molecule is FC(F)c1cccc(C2CCNCC2)c1.